The van der Waals surface area contributed by atoms with Gasteiger partial charge in [0.1, 0.15) is 0 Å². The van der Waals surface area contributed by atoms with Crippen molar-refractivity contribution in [2.75, 3.05) is 17.6 Å². The third-order valence-electron chi connectivity index (χ3n) is 2.40. The van der Waals surface area contributed by atoms with Gasteiger partial charge in [0.2, 0.25) is 0 Å². The van der Waals surface area contributed by atoms with Crippen LogP contribution in [0.1, 0.15) is 25.3 Å². The zero-order valence-electron chi connectivity index (χ0n) is 9.46. The maximum Gasteiger partial charge on any atom is 0.0712 e. The second-order valence-electron chi connectivity index (χ2n) is 3.90. The Bertz CT molecular complexity index is 312. The number of aryl methyl sites for hydroxylation is 1. The molecule has 1 rings (SSSR count). The highest BCUT2D eigenvalue weighted by molar-refractivity contribution is 5.57. The molecule has 15 heavy (non-hydrogen) atoms. The Morgan fingerprint density at radius 3 is 2.80 bits per heavy atom. The summed E-state index contributed by atoms with van der Waals surface area (Å²) in [6.45, 7) is 4.67. The Hall–Kier alpha value is -1.22. The molecule has 0 spiro atoms. The number of aliphatic hydroxyl groups excluding tert-OH is 1. The van der Waals surface area contributed by atoms with Crippen molar-refractivity contribution in [3.05, 3.63) is 23.8 Å². The van der Waals surface area contributed by atoms with Gasteiger partial charge in [-0.3, -0.25) is 0 Å². The number of anilines is 2. The third kappa shape index (κ3) is 3.80. The summed E-state index contributed by atoms with van der Waals surface area (Å²) in [6.07, 6.45) is 1.57. The summed E-state index contributed by atoms with van der Waals surface area (Å²) in [5.74, 6) is 0. The number of nitrogens with one attached hydrogen (secondary N) is 1. The molecular formula is C12H20N2O. The quantitative estimate of drug-likeness (QED) is 0.650. The van der Waals surface area contributed by atoms with E-state index in [-0.39, 0.29) is 6.10 Å². The normalized spacial score (nSPS) is 12.5. The first kappa shape index (κ1) is 11.9. The third-order valence-corrected chi connectivity index (χ3v) is 2.40. The minimum Gasteiger partial charge on any atom is -0.399 e. The zero-order valence-corrected chi connectivity index (χ0v) is 9.46. The predicted molar refractivity (Wildman–Crippen MR) is 65.0 cm³/mol. The predicted octanol–water partition coefficient (Wildman–Crippen LogP) is 2.15. The first-order valence-corrected chi connectivity index (χ1v) is 5.41. The van der Waals surface area contributed by atoms with Gasteiger partial charge in [-0.1, -0.05) is 13.3 Å². The van der Waals surface area contributed by atoms with E-state index in [9.17, 15) is 5.11 Å². The van der Waals surface area contributed by atoms with E-state index in [1.807, 2.05) is 25.1 Å². The average molecular weight is 208 g/mol. The number of benzene rings is 1. The molecule has 0 heterocycles. The van der Waals surface area contributed by atoms with Crippen LogP contribution < -0.4 is 11.1 Å². The van der Waals surface area contributed by atoms with Crippen LogP contribution in [0, 0.1) is 6.92 Å². The number of rotatable bonds is 5. The monoisotopic (exact) mass is 208 g/mol. The van der Waals surface area contributed by atoms with Crippen LogP contribution in [0.3, 0.4) is 0 Å². The van der Waals surface area contributed by atoms with Gasteiger partial charge in [0.15, 0.2) is 0 Å². The molecule has 3 nitrogen and oxygen atoms in total. The van der Waals surface area contributed by atoms with Crippen molar-refractivity contribution in [1.29, 1.82) is 0 Å². The lowest BCUT2D eigenvalue weighted by Crippen LogP contribution is -2.19. The molecule has 84 valence electrons. The van der Waals surface area contributed by atoms with Crippen LogP contribution in [-0.2, 0) is 0 Å². The van der Waals surface area contributed by atoms with E-state index in [1.54, 1.807) is 0 Å². The first-order valence-electron chi connectivity index (χ1n) is 5.41. The summed E-state index contributed by atoms with van der Waals surface area (Å²) < 4.78 is 0. The van der Waals surface area contributed by atoms with Crippen molar-refractivity contribution in [2.45, 2.75) is 32.8 Å². The van der Waals surface area contributed by atoms with Gasteiger partial charge in [-0.2, -0.15) is 0 Å². The van der Waals surface area contributed by atoms with Crippen molar-refractivity contribution in [3.8, 4) is 0 Å². The molecule has 0 saturated carbocycles. The largest absolute Gasteiger partial charge is 0.399 e. The molecule has 0 saturated heterocycles. The van der Waals surface area contributed by atoms with E-state index in [1.165, 1.54) is 0 Å². The molecule has 0 aliphatic rings. The molecule has 0 aliphatic carbocycles. The zero-order chi connectivity index (χ0) is 11.3. The lowest BCUT2D eigenvalue weighted by Gasteiger charge is -2.13. The van der Waals surface area contributed by atoms with Gasteiger partial charge in [-0.05, 0) is 37.1 Å². The van der Waals surface area contributed by atoms with Crippen molar-refractivity contribution >= 4 is 11.4 Å². The SMILES string of the molecule is CCCC(O)CNc1ccc(N)cc1C. The van der Waals surface area contributed by atoms with Crippen LogP contribution >= 0.6 is 0 Å². The van der Waals surface area contributed by atoms with Crippen LogP contribution in [0.25, 0.3) is 0 Å². The highest BCUT2D eigenvalue weighted by atomic mass is 16.3. The first-order chi connectivity index (χ1) is 7.13. The molecule has 0 amide bonds. The molecule has 1 aromatic carbocycles. The van der Waals surface area contributed by atoms with E-state index in [2.05, 4.69) is 12.2 Å². The topological polar surface area (TPSA) is 58.3 Å². The molecule has 0 fully saturated rings. The highest BCUT2D eigenvalue weighted by Crippen LogP contribution is 2.17. The molecule has 0 aliphatic heterocycles. The van der Waals surface area contributed by atoms with Crippen LogP contribution in [0.5, 0.6) is 0 Å². The van der Waals surface area contributed by atoms with Crippen LogP contribution in [0.4, 0.5) is 11.4 Å². The Morgan fingerprint density at radius 1 is 1.47 bits per heavy atom. The second-order valence-corrected chi connectivity index (χ2v) is 3.90. The molecule has 4 N–H and O–H groups in total. The van der Waals surface area contributed by atoms with E-state index >= 15 is 0 Å². The fourth-order valence-electron chi connectivity index (χ4n) is 1.55. The molecule has 1 atom stereocenters. The Kier molecular flexibility index (Phi) is 4.43. The maximum absolute atomic E-state index is 9.57. The van der Waals surface area contributed by atoms with Gasteiger partial charge in [0.05, 0.1) is 6.10 Å². The Labute approximate surface area is 91.3 Å². The molecule has 1 unspecified atom stereocenters. The van der Waals surface area contributed by atoms with E-state index in [0.717, 1.165) is 29.8 Å². The van der Waals surface area contributed by atoms with Crippen molar-refractivity contribution in [1.82, 2.24) is 0 Å². The molecule has 1 aromatic rings. The Balaban J connectivity index is 2.50. The number of aliphatic hydroxyl groups is 1. The van der Waals surface area contributed by atoms with Crippen molar-refractivity contribution in [2.24, 2.45) is 0 Å². The molecule has 0 bridgehead atoms. The van der Waals surface area contributed by atoms with Gasteiger partial charge >= 0.3 is 0 Å². The number of nitrogens with two attached hydrogens (primary N) is 1. The number of nitrogen functional groups attached to an aromatic ring is 1. The molecular weight excluding hydrogens is 188 g/mol. The van der Waals surface area contributed by atoms with E-state index in [0.29, 0.717) is 6.54 Å². The lowest BCUT2D eigenvalue weighted by molar-refractivity contribution is 0.176. The number of hydrogen-bond donors (Lipinski definition) is 3. The summed E-state index contributed by atoms with van der Waals surface area (Å²) >= 11 is 0. The van der Waals surface area contributed by atoms with Crippen LogP contribution in [-0.4, -0.2) is 17.8 Å². The molecule has 0 radical (unpaired) electrons. The van der Waals surface area contributed by atoms with Crippen molar-refractivity contribution in [3.63, 3.8) is 0 Å². The summed E-state index contributed by atoms with van der Waals surface area (Å²) in [7, 11) is 0. The standard InChI is InChI=1S/C12H20N2O/c1-3-4-11(15)8-14-12-6-5-10(13)7-9(12)2/h5-7,11,14-15H,3-4,8,13H2,1-2H3. The second kappa shape index (κ2) is 5.61. The molecule has 3 heteroatoms. The van der Waals surface area contributed by atoms with Crippen LogP contribution in [0.15, 0.2) is 18.2 Å². The summed E-state index contributed by atoms with van der Waals surface area (Å²) in [6, 6.07) is 5.74. The Morgan fingerprint density at radius 2 is 2.20 bits per heavy atom. The minimum atomic E-state index is -0.271. The fraction of sp³-hybridized carbons (Fsp3) is 0.500. The molecule has 0 aromatic heterocycles. The van der Waals surface area contributed by atoms with Gasteiger partial charge in [0, 0.05) is 17.9 Å². The van der Waals surface area contributed by atoms with Crippen LogP contribution in [0.2, 0.25) is 0 Å². The smallest absolute Gasteiger partial charge is 0.0712 e. The highest BCUT2D eigenvalue weighted by Gasteiger charge is 2.03. The van der Waals surface area contributed by atoms with Gasteiger partial charge in [0.25, 0.3) is 0 Å². The summed E-state index contributed by atoms with van der Waals surface area (Å²) in [5, 5.41) is 12.8. The summed E-state index contributed by atoms with van der Waals surface area (Å²) in [4.78, 5) is 0. The lowest BCUT2D eigenvalue weighted by atomic mass is 10.1. The average Bonchev–Trinajstić information content (AvgIpc) is 2.17. The van der Waals surface area contributed by atoms with E-state index in [4.69, 9.17) is 5.73 Å². The summed E-state index contributed by atoms with van der Waals surface area (Å²) in [5.41, 5.74) is 8.58. The van der Waals surface area contributed by atoms with E-state index < -0.39 is 0 Å². The minimum absolute atomic E-state index is 0.271. The van der Waals surface area contributed by atoms with Gasteiger partial charge < -0.3 is 16.2 Å². The van der Waals surface area contributed by atoms with Gasteiger partial charge in [-0.15, -0.1) is 0 Å². The fourth-order valence-corrected chi connectivity index (χ4v) is 1.55. The maximum atomic E-state index is 9.57. The van der Waals surface area contributed by atoms with Crippen molar-refractivity contribution < 1.29 is 5.11 Å². The van der Waals surface area contributed by atoms with Gasteiger partial charge in [-0.25, -0.2) is 0 Å². The number of hydrogen-bond acceptors (Lipinski definition) is 3.